The van der Waals surface area contributed by atoms with Gasteiger partial charge in [0.1, 0.15) is 22.6 Å². The summed E-state index contributed by atoms with van der Waals surface area (Å²) in [6.45, 7) is 0. The van der Waals surface area contributed by atoms with Crippen LogP contribution in [-0.2, 0) is 17.1 Å². The first kappa shape index (κ1) is 25.7. The number of rotatable bonds is 0. The molecule has 7 aromatic rings. The quantitative estimate of drug-likeness (QED) is 0.160. The van der Waals surface area contributed by atoms with Crippen LogP contribution >= 0.6 is 0 Å². The molecule has 8 bridgehead atoms. The molecule has 0 amide bonds. The fraction of sp³-hybridized carbons (Fsp3) is 0. The van der Waals surface area contributed by atoms with Gasteiger partial charge in [-0.3, -0.25) is 0 Å². The van der Waals surface area contributed by atoms with Crippen LogP contribution in [0.25, 0.3) is 89.7 Å². The number of hydrogen-bond acceptors (Lipinski definition) is 7. The van der Waals surface area contributed by atoms with E-state index in [2.05, 4.69) is 9.97 Å². The maximum absolute atomic E-state index is 5.02. The molecule has 2 aliphatic heterocycles. The fourth-order valence-electron chi connectivity index (χ4n) is 5.59. The summed E-state index contributed by atoms with van der Waals surface area (Å²) in [6, 6.07) is 32.2. The summed E-state index contributed by atoms with van der Waals surface area (Å²) in [4.78, 5) is 36.8. The van der Waals surface area contributed by atoms with Gasteiger partial charge in [0, 0.05) is 60.9 Å². The number of H-pyrrole nitrogens is 2. The number of nitrogens with zero attached hydrogens (tertiary/aromatic N) is 6. The third-order valence-electron chi connectivity index (χ3n) is 7.46. The van der Waals surface area contributed by atoms with E-state index in [9.17, 15) is 0 Å². The van der Waals surface area contributed by atoms with Crippen molar-refractivity contribution in [2.45, 2.75) is 0 Å². The molecule has 0 unspecified atom stereocenters. The van der Waals surface area contributed by atoms with Gasteiger partial charge >= 0.3 is 0 Å². The molecule has 10 heteroatoms. The van der Waals surface area contributed by atoms with Crippen LogP contribution in [0.5, 0.6) is 0 Å². The number of benzene rings is 4. The van der Waals surface area contributed by atoms with Crippen molar-refractivity contribution in [2.24, 2.45) is 0 Å². The normalized spacial score (nSPS) is 11.4. The van der Waals surface area contributed by atoms with Crippen LogP contribution in [-0.4, -0.2) is 39.9 Å². The molecule has 4 aromatic carbocycles. The second-order valence-electron chi connectivity index (χ2n) is 9.79. The van der Waals surface area contributed by atoms with Crippen LogP contribution in [0.3, 0.4) is 0 Å². The number of nitrogens with one attached hydrogen (secondary N) is 2. The van der Waals surface area contributed by atoms with E-state index in [4.69, 9.17) is 29.9 Å². The van der Waals surface area contributed by atoms with E-state index in [0.29, 0.717) is 45.9 Å². The standard InChI is InChI=1S/C32H18N8.Cu.H3N/c1-2-10-18-17(9-1)25-33-26(18)38-28-21-13-5-6-14-22(21)30(35-28)40-32-24-16-8-7-15-23(24)31(36-32)39-29-20-12-4-3-11-19(20)27(34-29)37-25;;/h1-16H,(H2,33,34,35,36,37,38,39,40);;1H3. The van der Waals surface area contributed by atoms with Crippen molar-refractivity contribution in [1.82, 2.24) is 46.0 Å². The van der Waals surface area contributed by atoms with E-state index >= 15 is 0 Å². The maximum atomic E-state index is 5.02. The predicted octanol–water partition coefficient (Wildman–Crippen LogP) is 7.03. The van der Waals surface area contributed by atoms with Crippen molar-refractivity contribution in [3.05, 3.63) is 97.1 Å². The molecule has 2 aliphatic rings. The molecule has 205 valence electrons. The Morgan fingerprint density at radius 1 is 0.333 bits per heavy atom. The second-order valence-corrected chi connectivity index (χ2v) is 9.79. The molecule has 5 heterocycles. The zero-order chi connectivity index (χ0) is 26.2. The molecule has 0 saturated carbocycles. The molecule has 9 rings (SSSR count). The monoisotopic (exact) mass is 594 g/mol. The summed E-state index contributed by atoms with van der Waals surface area (Å²) in [6.07, 6.45) is 0. The van der Waals surface area contributed by atoms with Crippen LogP contribution in [0.4, 0.5) is 0 Å². The van der Waals surface area contributed by atoms with Gasteiger partial charge in [-0.25, -0.2) is 29.9 Å². The molecule has 1 radical (unpaired) electrons. The summed E-state index contributed by atoms with van der Waals surface area (Å²) >= 11 is 0. The average Bonchev–Trinajstić information content (AvgIpc) is 3.73. The summed E-state index contributed by atoms with van der Waals surface area (Å²) in [5.41, 5.74) is 6.45. The summed E-state index contributed by atoms with van der Waals surface area (Å²) in [7, 11) is 0. The Morgan fingerprint density at radius 3 is 0.833 bits per heavy atom. The minimum atomic E-state index is 0. The molecule has 5 N–H and O–H groups in total. The Morgan fingerprint density at radius 2 is 0.571 bits per heavy atom. The average molecular weight is 595 g/mol. The van der Waals surface area contributed by atoms with Crippen molar-refractivity contribution in [1.29, 1.82) is 0 Å². The molecule has 0 fully saturated rings. The van der Waals surface area contributed by atoms with Crippen molar-refractivity contribution in [3.63, 3.8) is 0 Å². The first-order chi connectivity index (χ1) is 19.8. The number of hydrogen-bond donors (Lipinski definition) is 3. The first-order valence-electron chi connectivity index (χ1n) is 13.0. The van der Waals surface area contributed by atoms with E-state index in [1.807, 2.05) is 97.1 Å². The summed E-state index contributed by atoms with van der Waals surface area (Å²) in [5, 5.41) is 3.82. The molecule has 42 heavy (non-hydrogen) atoms. The van der Waals surface area contributed by atoms with Crippen molar-refractivity contribution >= 4 is 44.1 Å². The topological polar surface area (TPSA) is 144 Å². The Bertz CT molecular complexity index is 2040. The SMILES string of the molecule is N.[Cu].c1ccc2c(c1)-c1nc-2nc2[nH]c(nc3nc(nc4[nH]c(n1)c1ccccc41)-c1ccccc1-3)c1ccccc21. The van der Waals surface area contributed by atoms with Gasteiger partial charge in [-0.15, -0.1) is 0 Å². The number of aromatic nitrogens is 8. The molecule has 0 spiro atoms. The predicted molar refractivity (Wildman–Crippen MR) is 161 cm³/mol. The van der Waals surface area contributed by atoms with Gasteiger partial charge in [0.05, 0.1) is 0 Å². The largest absolute Gasteiger partial charge is 0.344 e. The van der Waals surface area contributed by atoms with E-state index in [0.717, 1.165) is 43.8 Å². The number of aromatic amines is 2. The molecule has 0 saturated heterocycles. The molecular weight excluding hydrogens is 574 g/mol. The van der Waals surface area contributed by atoms with Crippen LogP contribution in [0.15, 0.2) is 97.1 Å². The van der Waals surface area contributed by atoms with Gasteiger partial charge in [-0.2, -0.15) is 0 Å². The van der Waals surface area contributed by atoms with E-state index in [-0.39, 0.29) is 23.2 Å². The maximum Gasteiger partial charge on any atom is 0.164 e. The third kappa shape index (κ3) is 3.74. The molecule has 3 aromatic heterocycles. The van der Waals surface area contributed by atoms with Crippen LogP contribution in [0.2, 0.25) is 0 Å². The summed E-state index contributed by atoms with van der Waals surface area (Å²) in [5.74, 6) is 2.39. The second kappa shape index (κ2) is 9.67. The molecule has 9 nitrogen and oxygen atoms in total. The zero-order valence-electron chi connectivity index (χ0n) is 21.9. The van der Waals surface area contributed by atoms with Crippen molar-refractivity contribution in [3.8, 4) is 45.6 Å². The van der Waals surface area contributed by atoms with Crippen molar-refractivity contribution in [2.75, 3.05) is 0 Å². The zero-order valence-corrected chi connectivity index (χ0v) is 22.9. The van der Waals surface area contributed by atoms with Crippen LogP contribution in [0.1, 0.15) is 0 Å². The van der Waals surface area contributed by atoms with E-state index in [1.165, 1.54) is 0 Å². The smallest absolute Gasteiger partial charge is 0.164 e. The fourth-order valence-corrected chi connectivity index (χ4v) is 5.59. The van der Waals surface area contributed by atoms with Gasteiger partial charge < -0.3 is 16.1 Å². The first-order valence-corrected chi connectivity index (χ1v) is 13.0. The Hall–Kier alpha value is -5.28. The van der Waals surface area contributed by atoms with Crippen molar-refractivity contribution < 1.29 is 17.1 Å². The van der Waals surface area contributed by atoms with Gasteiger partial charge in [-0.05, 0) is 0 Å². The molecule has 0 atom stereocenters. The van der Waals surface area contributed by atoms with Gasteiger partial charge in [-0.1, -0.05) is 97.1 Å². The molecular formula is C32H21CuN9. The summed E-state index contributed by atoms with van der Waals surface area (Å²) < 4.78 is 0. The Balaban J connectivity index is 0.00000144. The molecule has 0 aliphatic carbocycles. The third-order valence-corrected chi connectivity index (χ3v) is 7.46. The van der Waals surface area contributed by atoms with E-state index < -0.39 is 0 Å². The van der Waals surface area contributed by atoms with Gasteiger partial charge in [0.25, 0.3) is 0 Å². The number of fused-ring (bicyclic) bond motifs is 20. The Kier molecular flexibility index (Phi) is 5.91. The van der Waals surface area contributed by atoms with Crippen LogP contribution < -0.4 is 6.15 Å². The minimum absolute atomic E-state index is 0. The van der Waals surface area contributed by atoms with E-state index in [1.54, 1.807) is 0 Å². The van der Waals surface area contributed by atoms with Gasteiger partial charge in [0.15, 0.2) is 23.3 Å². The Labute approximate surface area is 249 Å². The minimum Gasteiger partial charge on any atom is -0.344 e. The van der Waals surface area contributed by atoms with Gasteiger partial charge in [0.2, 0.25) is 0 Å². The van der Waals surface area contributed by atoms with Crippen LogP contribution in [0, 0.1) is 0 Å².